The van der Waals surface area contributed by atoms with Gasteiger partial charge in [0.15, 0.2) is 0 Å². The van der Waals surface area contributed by atoms with Gasteiger partial charge in [-0.25, -0.2) is 0 Å². The van der Waals surface area contributed by atoms with Crippen molar-refractivity contribution in [1.29, 1.82) is 0 Å². The zero-order valence-electron chi connectivity index (χ0n) is 11.5. The first-order valence-corrected chi connectivity index (χ1v) is 6.19. The van der Waals surface area contributed by atoms with Gasteiger partial charge >= 0.3 is 0 Å². The van der Waals surface area contributed by atoms with E-state index in [0.717, 1.165) is 22.6 Å². The van der Waals surface area contributed by atoms with E-state index in [9.17, 15) is 0 Å². The molecule has 0 aromatic heterocycles. The number of rotatable bonds is 4. The Balaban J connectivity index is 2.19. The van der Waals surface area contributed by atoms with Crippen molar-refractivity contribution in [3.8, 4) is 11.5 Å². The van der Waals surface area contributed by atoms with Gasteiger partial charge in [-0.1, -0.05) is 30.4 Å². The Morgan fingerprint density at radius 2 is 1.37 bits per heavy atom. The van der Waals surface area contributed by atoms with Gasteiger partial charge in [0.25, 0.3) is 0 Å². The minimum absolute atomic E-state index is 0.870. The molecule has 19 heavy (non-hydrogen) atoms. The summed E-state index contributed by atoms with van der Waals surface area (Å²) in [6.07, 6.45) is 4.16. The Labute approximate surface area is 114 Å². The molecule has 0 heterocycles. The lowest BCUT2D eigenvalue weighted by Gasteiger charge is -2.03. The van der Waals surface area contributed by atoms with Gasteiger partial charge in [0, 0.05) is 0 Å². The van der Waals surface area contributed by atoms with E-state index < -0.39 is 0 Å². The largest absolute Gasteiger partial charge is 0.497 e. The molecular formula is C17H18O2. The van der Waals surface area contributed by atoms with Crippen LogP contribution in [-0.4, -0.2) is 14.2 Å². The molecule has 0 aliphatic rings. The summed E-state index contributed by atoms with van der Waals surface area (Å²) in [4.78, 5) is 0. The van der Waals surface area contributed by atoms with Crippen molar-refractivity contribution in [2.24, 2.45) is 0 Å². The lowest BCUT2D eigenvalue weighted by atomic mass is 10.1. The van der Waals surface area contributed by atoms with Gasteiger partial charge in [-0.2, -0.15) is 0 Å². The first kappa shape index (κ1) is 13.2. The zero-order valence-corrected chi connectivity index (χ0v) is 11.5. The molecule has 2 nitrogen and oxygen atoms in total. The molecule has 0 amide bonds. The highest BCUT2D eigenvalue weighted by molar-refractivity contribution is 5.70. The summed E-state index contributed by atoms with van der Waals surface area (Å²) in [5, 5.41) is 0. The molecule has 0 saturated heterocycles. The summed E-state index contributed by atoms with van der Waals surface area (Å²) in [6.45, 7) is 2.06. The molecule has 0 unspecified atom stereocenters. The van der Waals surface area contributed by atoms with Gasteiger partial charge in [0.1, 0.15) is 11.5 Å². The van der Waals surface area contributed by atoms with Crippen LogP contribution in [0.15, 0.2) is 42.5 Å². The van der Waals surface area contributed by atoms with E-state index in [0.29, 0.717) is 0 Å². The predicted molar refractivity (Wildman–Crippen MR) is 79.7 cm³/mol. The SMILES string of the molecule is COc1ccc(/C=C\c2cc(C)cc(OC)c2)cc1. The van der Waals surface area contributed by atoms with Crippen LogP contribution in [0.25, 0.3) is 12.2 Å². The van der Waals surface area contributed by atoms with Crippen LogP contribution in [-0.2, 0) is 0 Å². The van der Waals surface area contributed by atoms with Crippen molar-refractivity contribution in [2.75, 3.05) is 14.2 Å². The molecule has 98 valence electrons. The van der Waals surface area contributed by atoms with Crippen LogP contribution < -0.4 is 9.47 Å². The molecule has 0 radical (unpaired) electrons. The van der Waals surface area contributed by atoms with Gasteiger partial charge in [-0.3, -0.25) is 0 Å². The van der Waals surface area contributed by atoms with Crippen LogP contribution in [0.5, 0.6) is 11.5 Å². The van der Waals surface area contributed by atoms with Crippen molar-refractivity contribution in [2.45, 2.75) is 6.92 Å². The van der Waals surface area contributed by atoms with Gasteiger partial charge < -0.3 is 9.47 Å². The number of ether oxygens (including phenoxy) is 2. The molecule has 0 saturated carbocycles. The second-order valence-corrected chi connectivity index (χ2v) is 4.39. The number of hydrogen-bond acceptors (Lipinski definition) is 2. The molecule has 0 aliphatic heterocycles. The number of aryl methyl sites for hydroxylation is 1. The summed E-state index contributed by atoms with van der Waals surface area (Å²) in [6, 6.07) is 14.1. The molecule has 0 N–H and O–H groups in total. The molecule has 0 spiro atoms. The highest BCUT2D eigenvalue weighted by atomic mass is 16.5. The maximum atomic E-state index is 5.27. The van der Waals surface area contributed by atoms with E-state index in [2.05, 4.69) is 25.1 Å². The Bertz CT molecular complexity index is 568. The Morgan fingerprint density at radius 3 is 2.00 bits per heavy atom. The normalized spacial score (nSPS) is 10.7. The fourth-order valence-corrected chi connectivity index (χ4v) is 1.90. The van der Waals surface area contributed by atoms with Gasteiger partial charge in [-0.05, 0) is 47.9 Å². The van der Waals surface area contributed by atoms with Crippen LogP contribution in [0.4, 0.5) is 0 Å². The molecule has 0 bridgehead atoms. The third-order valence-corrected chi connectivity index (χ3v) is 2.89. The lowest BCUT2D eigenvalue weighted by molar-refractivity contribution is 0.414. The summed E-state index contributed by atoms with van der Waals surface area (Å²) < 4.78 is 10.4. The summed E-state index contributed by atoms with van der Waals surface area (Å²) in [5.74, 6) is 1.75. The quantitative estimate of drug-likeness (QED) is 0.762. The van der Waals surface area contributed by atoms with Crippen molar-refractivity contribution >= 4 is 12.2 Å². The fourth-order valence-electron chi connectivity index (χ4n) is 1.90. The van der Waals surface area contributed by atoms with Gasteiger partial charge in [0.05, 0.1) is 14.2 Å². The minimum Gasteiger partial charge on any atom is -0.497 e. The van der Waals surface area contributed by atoms with E-state index in [1.807, 2.05) is 36.4 Å². The molecule has 0 aliphatic carbocycles. The second kappa shape index (κ2) is 6.10. The minimum atomic E-state index is 0.870. The third-order valence-electron chi connectivity index (χ3n) is 2.89. The average molecular weight is 254 g/mol. The number of methoxy groups -OCH3 is 2. The smallest absolute Gasteiger partial charge is 0.119 e. The Morgan fingerprint density at radius 1 is 0.737 bits per heavy atom. The number of benzene rings is 2. The van der Waals surface area contributed by atoms with E-state index in [-0.39, 0.29) is 0 Å². The molecular weight excluding hydrogens is 236 g/mol. The van der Waals surface area contributed by atoms with Crippen LogP contribution >= 0.6 is 0 Å². The lowest BCUT2D eigenvalue weighted by Crippen LogP contribution is -1.85. The first-order valence-electron chi connectivity index (χ1n) is 6.19. The van der Waals surface area contributed by atoms with Gasteiger partial charge in [-0.15, -0.1) is 0 Å². The van der Waals surface area contributed by atoms with Crippen LogP contribution in [0.3, 0.4) is 0 Å². The molecule has 2 aromatic rings. The number of hydrogen-bond donors (Lipinski definition) is 0. The molecule has 0 fully saturated rings. The highest BCUT2D eigenvalue weighted by Crippen LogP contribution is 2.19. The van der Waals surface area contributed by atoms with E-state index in [1.54, 1.807) is 14.2 Å². The van der Waals surface area contributed by atoms with Crippen molar-refractivity contribution in [1.82, 2.24) is 0 Å². The maximum absolute atomic E-state index is 5.27. The first-order chi connectivity index (χ1) is 9.21. The van der Waals surface area contributed by atoms with E-state index >= 15 is 0 Å². The average Bonchev–Trinajstić information content (AvgIpc) is 2.45. The van der Waals surface area contributed by atoms with Crippen LogP contribution in [0.2, 0.25) is 0 Å². The molecule has 2 aromatic carbocycles. The van der Waals surface area contributed by atoms with E-state index in [1.165, 1.54) is 5.56 Å². The topological polar surface area (TPSA) is 18.5 Å². The van der Waals surface area contributed by atoms with Crippen molar-refractivity contribution < 1.29 is 9.47 Å². The van der Waals surface area contributed by atoms with Crippen LogP contribution in [0, 0.1) is 6.92 Å². The summed E-state index contributed by atoms with van der Waals surface area (Å²) >= 11 is 0. The second-order valence-electron chi connectivity index (χ2n) is 4.39. The summed E-state index contributed by atoms with van der Waals surface area (Å²) in [7, 11) is 3.36. The van der Waals surface area contributed by atoms with Crippen LogP contribution in [0.1, 0.15) is 16.7 Å². The monoisotopic (exact) mass is 254 g/mol. The predicted octanol–water partition coefficient (Wildman–Crippen LogP) is 4.18. The Hall–Kier alpha value is -2.22. The zero-order chi connectivity index (χ0) is 13.7. The Kier molecular flexibility index (Phi) is 4.24. The van der Waals surface area contributed by atoms with Crippen molar-refractivity contribution in [3.05, 3.63) is 59.2 Å². The standard InChI is InChI=1S/C17H18O2/c1-13-10-15(12-17(11-13)19-3)5-4-14-6-8-16(18-2)9-7-14/h4-12H,1-3H3/b5-4-. The molecule has 0 atom stereocenters. The molecule has 2 rings (SSSR count). The highest BCUT2D eigenvalue weighted by Gasteiger charge is 1.96. The third kappa shape index (κ3) is 3.62. The maximum Gasteiger partial charge on any atom is 0.119 e. The summed E-state index contributed by atoms with van der Waals surface area (Å²) in [5.41, 5.74) is 3.46. The van der Waals surface area contributed by atoms with Crippen molar-refractivity contribution in [3.63, 3.8) is 0 Å². The molecule has 2 heteroatoms. The van der Waals surface area contributed by atoms with E-state index in [4.69, 9.17) is 9.47 Å². The fraction of sp³-hybridized carbons (Fsp3) is 0.176. The van der Waals surface area contributed by atoms with Gasteiger partial charge in [0.2, 0.25) is 0 Å².